The molecule has 0 bridgehead atoms. The van der Waals surface area contributed by atoms with Gasteiger partial charge in [0.1, 0.15) is 5.69 Å². The number of hydrogen-bond donors (Lipinski definition) is 1. The largest absolute Gasteiger partial charge is 0.300 e. The van der Waals surface area contributed by atoms with Crippen LogP contribution in [0.2, 0.25) is 0 Å². The molecule has 144 valence electrons. The molecule has 0 radical (unpaired) electrons. The molecular formula is C17H9N5O5S2. The number of hydrazine groups is 1. The molecular weight excluding hydrogens is 418 g/mol. The van der Waals surface area contributed by atoms with Crippen molar-refractivity contribution in [2.45, 2.75) is 0 Å². The Morgan fingerprint density at radius 3 is 2.41 bits per heavy atom. The number of carbonyl (C=O) groups is 1. The first-order chi connectivity index (χ1) is 13.8. The van der Waals surface area contributed by atoms with E-state index in [1.165, 1.54) is 0 Å². The van der Waals surface area contributed by atoms with Gasteiger partial charge in [-0.1, -0.05) is 23.9 Å². The molecule has 2 aromatic rings. The van der Waals surface area contributed by atoms with Gasteiger partial charge >= 0.3 is 5.69 Å². The van der Waals surface area contributed by atoms with E-state index in [9.17, 15) is 25.0 Å². The van der Waals surface area contributed by atoms with Crippen molar-refractivity contribution in [2.24, 2.45) is 0 Å². The summed E-state index contributed by atoms with van der Waals surface area (Å²) in [6, 6.07) is 11.6. The number of nitrogens with one attached hydrogen (secondary N) is 1. The SMILES string of the molecule is N#Cc1ccc(/C=C2/SC(=S)N(Nc3ccc([N+](=O)[O-])cc3[N+](=O)[O-])C2=O)cc1. The summed E-state index contributed by atoms with van der Waals surface area (Å²) in [5.74, 6) is -0.531. The fourth-order valence-electron chi connectivity index (χ4n) is 2.37. The van der Waals surface area contributed by atoms with Crippen molar-refractivity contribution in [3.63, 3.8) is 0 Å². The van der Waals surface area contributed by atoms with E-state index in [4.69, 9.17) is 17.5 Å². The van der Waals surface area contributed by atoms with E-state index in [2.05, 4.69) is 5.43 Å². The minimum absolute atomic E-state index is 0.113. The van der Waals surface area contributed by atoms with Crippen LogP contribution >= 0.6 is 24.0 Å². The number of carbonyl (C=O) groups excluding carboxylic acids is 1. The first-order valence-electron chi connectivity index (χ1n) is 7.78. The molecule has 1 amide bonds. The zero-order chi connectivity index (χ0) is 21.1. The van der Waals surface area contributed by atoms with Gasteiger partial charge in [0, 0.05) is 6.07 Å². The third-order valence-electron chi connectivity index (χ3n) is 3.75. The Balaban J connectivity index is 1.87. The number of non-ortho nitro benzene ring substituents is 1. The van der Waals surface area contributed by atoms with Crippen LogP contribution in [-0.2, 0) is 4.79 Å². The van der Waals surface area contributed by atoms with E-state index in [-0.39, 0.29) is 14.9 Å². The van der Waals surface area contributed by atoms with Gasteiger partial charge in [-0.15, -0.1) is 0 Å². The zero-order valence-corrected chi connectivity index (χ0v) is 15.9. The van der Waals surface area contributed by atoms with Crippen molar-refractivity contribution in [1.82, 2.24) is 5.01 Å². The standard InChI is InChI=1S/C17H9N5O5S2/c18-9-11-3-1-10(2-4-11)7-15-16(23)20(17(28)29-15)19-13-6-5-12(21(24)25)8-14(13)22(26)27/h1-8,19H/b15-7+. The second kappa shape index (κ2) is 8.05. The number of thiocarbonyl (C=S) groups is 1. The Morgan fingerprint density at radius 2 is 1.83 bits per heavy atom. The fourth-order valence-corrected chi connectivity index (χ4v) is 3.55. The number of nitro benzene ring substituents is 2. The Kier molecular flexibility index (Phi) is 5.53. The Labute approximate surface area is 172 Å². The topological polar surface area (TPSA) is 142 Å². The van der Waals surface area contributed by atoms with Gasteiger partial charge in [0.2, 0.25) is 0 Å². The van der Waals surface area contributed by atoms with Gasteiger partial charge in [0.05, 0.1) is 32.5 Å². The van der Waals surface area contributed by atoms with Crippen molar-refractivity contribution in [1.29, 1.82) is 5.26 Å². The van der Waals surface area contributed by atoms with Gasteiger partial charge in [-0.2, -0.15) is 5.26 Å². The zero-order valence-electron chi connectivity index (χ0n) is 14.3. The van der Waals surface area contributed by atoms with Crippen LogP contribution in [0.3, 0.4) is 0 Å². The number of nitrogens with zero attached hydrogens (tertiary/aromatic N) is 4. The highest BCUT2D eigenvalue weighted by atomic mass is 32.2. The third-order valence-corrected chi connectivity index (χ3v) is 5.05. The van der Waals surface area contributed by atoms with Gasteiger partial charge in [-0.3, -0.25) is 30.4 Å². The highest BCUT2D eigenvalue weighted by Crippen LogP contribution is 2.35. The summed E-state index contributed by atoms with van der Waals surface area (Å²) in [4.78, 5) is 33.5. The van der Waals surface area contributed by atoms with Gasteiger partial charge in [-0.05, 0) is 42.1 Å². The van der Waals surface area contributed by atoms with Gasteiger partial charge in [0.15, 0.2) is 4.32 Å². The number of hydrogen-bond acceptors (Lipinski definition) is 9. The molecule has 1 aliphatic heterocycles. The smallest absolute Gasteiger partial charge is 0.283 e. The lowest BCUT2D eigenvalue weighted by Crippen LogP contribution is -2.34. The molecule has 29 heavy (non-hydrogen) atoms. The molecule has 1 saturated heterocycles. The maximum Gasteiger partial charge on any atom is 0.300 e. The number of nitriles is 1. The second-order valence-electron chi connectivity index (χ2n) is 5.58. The van der Waals surface area contributed by atoms with Crippen LogP contribution in [0.4, 0.5) is 17.1 Å². The lowest BCUT2D eigenvalue weighted by Gasteiger charge is -2.16. The van der Waals surface area contributed by atoms with Crippen LogP contribution in [0.15, 0.2) is 47.4 Å². The van der Waals surface area contributed by atoms with E-state index < -0.39 is 27.1 Å². The van der Waals surface area contributed by atoms with Gasteiger partial charge in [0.25, 0.3) is 11.6 Å². The summed E-state index contributed by atoms with van der Waals surface area (Å²) in [6.07, 6.45) is 1.58. The average Bonchev–Trinajstić information content (AvgIpc) is 2.96. The molecule has 12 heteroatoms. The first kappa shape index (κ1) is 19.9. The van der Waals surface area contributed by atoms with Crippen molar-refractivity contribution in [3.05, 3.63) is 78.7 Å². The number of rotatable bonds is 5. The molecule has 0 unspecified atom stereocenters. The molecule has 1 fully saturated rings. The molecule has 0 aromatic heterocycles. The van der Waals surface area contributed by atoms with Crippen molar-refractivity contribution in [3.8, 4) is 6.07 Å². The van der Waals surface area contributed by atoms with Crippen LogP contribution in [0.5, 0.6) is 0 Å². The Morgan fingerprint density at radius 1 is 1.14 bits per heavy atom. The Hall–Kier alpha value is -3.82. The van der Waals surface area contributed by atoms with Crippen LogP contribution in [0.25, 0.3) is 6.08 Å². The lowest BCUT2D eigenvalue weighted by molar-refractivity contribution is -0.393. The minimum atomic E-state index is -0.792. The summed E-state index contributed by atoms with van der Waals surface area (Å²) >= 11 is 6.16. The van der Waals surface area contributed by atoms with E-state index in [0.29, 0.717) is 11.1 Å². The maximum atomic E-state index is 12.7. The second-order valence-corrected chi connectivity index (χ2v) is 7.25. The van der Waals surface area contributed by atoms with E-state index in [1.54, 1.807) is 30.3 Å². The number of anilines is 1. The molecule has 3 rings (SSSR count). The molecule has 0 aliphatic carbocycles. The molecule has 0 atom stereocenters. The monoisotopic (exact) mass is 427 g/mol. The average molecular weight is 427 g/mol. The molecule has 1 N–H and O–H groups in total. The minimum Gasteiger partial charge on any atom is -0.283 e. The number of benzene rings is 2. The highest BCUT2D eigenvalue weighted by molar-refractivity contribution is 8.26. The lowest BCUT2D eigenvalue weighted by atomic mass is 10.1. The summed E-state index contributed by atoms with van der Waals surface area (Å²) in [5, 5.41) is 31.9. The maximum absolute atomic E-state index is 12.7. The summed E-state index contributed by atoms with van der Waals surface area (Å²) in [6.45, 7) is 0. The first-order valence-corrected chi connectivity index (χ1v) is 9.00. The number of amides is 1. The molecule has 1 heterocycles. The number of nitro groups is 2. The third kappa shape index (κ3) is 4.21. The van der Waals surface area contributed by atoms with E-state index >= 15 is 0 Å². The van der Waals surface area contributed by atoms with Gasteiger partial charge < -0.3 is 0 Å². The van der Waals surface area contributed by atoms with Crippen molar-refractivity contribution >= 4 is 57.3 Å². The fraction of sp³-hybridized carbons (Fsp3) is 0. The molecule has 10 nitrogen and oxygen atoms in total. The predicted octanol–water partition coefficient (Wildman–Crippen LogP) is 3.60. The molecule has 1 aliphatic rings. The normalized spacial score (nSPS) is 14.7. The van der Waals surface area contributed by atoms with E-state index in [1.807, 2.05) is 6.07 Å². The van der Waals surface area contributed by atoms with Crippen LogP contribution in [0.1, 0.15) is 11.1 Å². The van der Waals surface area contributed by atoms with Crippen molar-refractivity contribution in [2.75, 3.05) is 5.43 Å². The van der Waals surface area contributed by atoms with Gasteiger partial charge in [-0.25, -0.2) is 5.01 Å². The van der Waals surface area contributed by atoms with E-state index in [0.717, 1.165) is 35.0 Å². The Bertz CT molecular complexity index is 1120. The summed E-state index contributed by atoms with van der Waals surface area (Å²) < 4.78 is 0.113. The van der Waals surface area contributed by atoms with Crippen molar-refractivity contribution < 1.29 is 14.6 Å². The van der Waals surface area contributed by atoms with Crippen LogP contribution in [-0.4, -0.2) is 25.1 Å². The molecule has 0 spiro atoms. The molecule has 0 saturated carbocycles. The van der Waals surface area contributed by atoms with Crippen LogP contribution < -0.4 is 5.43 Å². The van der Waals surface area contributed by atoms with Crippen LogP contribution in [0, 0.1) is 31.6 Å². The molecule has 2 aromatic carbocycles. The predicted molar refractivity (Wildman–Crippen MR) is 110 cm³/mol. The highest BCUT2D eigenvalue weighted by Gasteiger charge is 2.34. The summed E-state index contributed by atoms with van der Waals surface area (Å²) in [5.41, 5.74) is 2.58. The summed E-state index contributed by atoms with van der Waals surface area (Å²) in [7, 11) is 0. The number of thioether (sulfide) groups is 1. The quantitative estimate of drug-likeness (QED) is 0.327.